The Balaban J connectivity index is 1.81. The summed E-state index contributed by atoms with van der Waals surface area (Å²) < 4.78 is 52.2. The van der Waals surface area contributed by atoms with Crippen LogP contribution in [0.2, 0.25) is 0 Å². The topological polar surface area (TPSA) is 77.0 Å². The van der Waals surface area contributed by atoms with E-state index in [0.717, 1.165) is 37.1 Å². The van der Waals surface area contributed by atoms with Gasteiger partial charge in [0.05, 0.1) is 5.56 Å². The molecule has 8 heteroatoms. The number of hydrogen-bond donors (Lipinski definition) is 3. The molecule has 0 saturated heterocycles. The fraction of sp³-hybridized carbons (Fsp3) is 0.316. The molecule has 1 aromatic carbocycles. The summed E-state index contributed by atoms with van der Waals surface area (Å²) in [6.45, 7) is 0. The second-order valence-corrected chi connectivity index (χ2v) is 6.63. The van der Waals surface area contributed by atoms with Gasteiger partial charge in [0, 0.05) is 23.6 Å². The highest BCUT2D eigenvalue weighted by Crippen LogP contribution is 2.31. The Hall–Kier alpha value is -2.61. The van der Waals surface area contributed by atoms with Crippen molar-refractivity contribution in [3.8, 4) is 0 Å². The number of allylic oxidation sites excluding steroid dienone is 1. The van der Waals surface area contributed by atoms with Gasteiger partial charge in [-0.15, -0.1) is 0 Å². The minimum absolute atomic E-state index is 0.145. The maximum Gasteiger partial charge on any atom is 0.416 e. The van der Waals surface area contributed by atoms with E-state index in [1.807, 2.05) is 0 Å². The molecule has 1 aliphatic rings. The lowest BCUT2D eigenvalue weighted by atomic mass is 9.97. The lowest BCUT2D eigenvalue weighted by molar-refractivity contribution is -0.137. The summed E-state index contributed by atoms with van der Waals surface area (Å²) in [6.07, 6.45) is -0.415. The highest BCUT2D eigenvalue weighted by Gasteiger charge is 2.31. The van der Waals surface area contributed by atoms with Gasteiger partial charge in [-0.1, -0.05) is 0 Å². The van der Waals surface area contributed by atoms with Gasteiger partial charge in [0.25, 0.3) is 0 Å². The van der Waals surface area contributed by atoms with Crippen LogP contribution >= 0.6 is 0 Å². The van der Waals surface area contributed by atoms with Crippen molar-refractivity contribution in [1.29, 1.82) is 0 Å². The number of pyridine rings is 1. The van der Waals surface area contributed by atoms with Gasteiger partial charge in [-0.2, -0.15) is 13.2 Å². The predicted molar refractivity (Wildman–Crippen MR) is 95.1 cm³/mol. The van der Waals surface area contributed by atoms with Crippen LogP contribution in [-0.2, 0) is 12.6 Å². The van der Waals surface area contributed by atoms with E-state index < -0.39 is 17.6 Å². The van der Waals surface area contributed by atoms with E-state index in [0.29, 0.717) is 23.1 Å². The Labute approximate surface area is 154 Å². The van der Waals surface area contributed by atoms with Gasteiger partial charge in [0.15, 0.2) is 0 Å². The van der Waals surface area contributed by atoms with Crippen molar-refractivity contribution in [2.24, 2.45) is 11.5 Å². The van der Waals surface area contributed by atoms with Crippen LogP contribution in [0, 0.1) is 5.82 Å². The van der Waals surface area contributed by atoms with Gasteiger partial charge in [0.1, 0.15) is 11.6 Å². The van der Waals surface area contributed by atoms with Gasteiger partial charge in [-0.3, -0.25) is 0 Å². The van der Waals surface area contributed by atoms with Crippen molar-refractivity contribution in [2.75, 3.05) is 5.32 Å². The molecule has 1 atom stereocenters. The summed E-state index contributed by atoms with van der Waals surface area (Å²) >= 11 is 0. The molecule has 0 spiro atoms. The molecule has 1 aliphatic carbocycles. The second kappa shape index (κ2) is 7.56. The Kier molecular flexibility index (Phi) is 5.36. The maximum absolute atomic E-state index is 13.6. The Morgan fingerprint density at radius 3 is 2.67 bits per heavy atom. The number of benzene rings is 1. The number of nitrogens with one attached hydrogen (secondary N) is 1. The average Bonchev–Trinajstić information content (AvgIpc) is 2.58. The van der Waals surface area contributed by atoms with Crippen LogP contribution in [0.25, 0.3) is 0 Å². The molecular weight excluding hydrogens is 360 g/mol. The Bertz CT molecular complexity index is 861. The van der Waals surface area contributed by atoms with E-state index in [1.165, 1.54) is 0 Å². The van der Waals surface area contributed by atoms with Crippen molar-refractivity contribution in [2.45, 2.75) is 37.9 Å². The molecule has 0 fully saturated rings. The third kappa shape index (κ3) is 4.77. The Morgan fingerprint density at radius 2 is 1.93 bits per heavy atom. The maximum atomic E-state index is 13.6. The van der Waals surface area contributed by atoms with E-state index in [-0.39, 0.29) is 18.0 Å². The van der Waals surface area contributed by atoms with E-state index in [9.17, 15) is 17.6 Å². The summed E-state index contributed by atoms with van der Waals surface area (Å²) in [7, 11) is 0. The van der Waals surface area contributed by atoms with Gasteiger partial charge in [-0.05, 0) is 67.1 Å². The minimum atomic E-state index is -4.59. The van der Waals surface area contributed by atoms with E-state index >= 15 is 0 Å². The molecule has 0 aliphatic heterocycles. The summed E-state index contributed by atoms with van der Waals surface area (Å²) in [5.74, 6) is -0.395. The third-order valence-corrected chi connectivity index (χ3v) is 4.49. The van der Waals surface area contributed by atoms with Crippen LogP contribution in [-0.4, -0.2) is 11.0 Å². The summed E-state index contributed by atoms with van der Waals surface area (Å²) in [5, 5.41) is 3.14. The number of hydrogen-bond acceptors (Lipinski definition) is 4. The zero-order valence-electron chi connectivity index (χ0n) is 14.5. The quantitative estimate of drug-likeness (QED) is 0.703. The first-order valence-electron chi connectivity index (χ1n) is 8.55. The summed E-state index contributed by atoms with van der Waals surface area (Å²) in [6, 6.07) is 5.73. The molecule has 0 radical (unpaired) electrons. The van der Waals surface area contributed by atoms with Gasteiger partial charge in [0.2, 0.25) is 0 Å². The standard InChI is InChI=1S/C19H20F4N4/c20-14-8-12(7-13(10-14)19(21,22)23)6-11-4-5-26-17(9-11)27-16-3-1-2-15(24)18(16)25/h4-5,7-10,15H,1-3,6,24-25H2,(H,26,27). The molecule has 1 aromatic heterocycles. The minimum Gasteiger partial charge on any atom is -0.399 e. The molecule has 0 amide bonds. The van der Waals surface area contributed by atoms with Crippen LogP contribution in [0.4, 0.5) is 23.4 Å². The molecule has 1 heterocycles. The van der Waals surface area contributed by atoms with Gasteiger partial charge in [-0.25, -0.2) is 9.37 Å². The normalized spacial score (nSPS) is 17.9. The number of alkyl halides is 3. The largest absolute Gasteiger partial charge is 0.416 e. The average molecular weight is 380 g/mol. The van der Waals surface area contributed by atoms with E-state index in [1.54, 1.807) is 18.3 Å². The lowest BCUT2D eigenvalue weighted by Gasteiger charge is -2.23. The monoisotopic (exact) mass is 380 g/mol. The first-order valence-corrected chi connectivity index (χ1v) is 8.55. The molecule has 1 unspecified atom stereocenters. The number of nitrogens with two attached hydrogens (primary N) is 2. The van der Waals surface area contributed by atoms with Crippen molar-refractivity contribution in [3.05, 3.63) is 70.4 Å². The highest BCUT2D eigenvalue weighted by molar-refractivity contribution is 5.46. The molecule has 27 heavy (non-hydrogen) atoms. The van der Waals surface area contributed by atoms with Crippen molar-refractivity contribution in [3.63, 3.8) is 0 Å². The first kappa shape index (κ1) is 19.2. The predicted octanol–water partition coefficient (Wildman–Crippen LogP) is 3.92. The number of aromatic nitrogens is 1. The summed E-state index contributed by atoms with van der Waals surface area (Å²) in [4.78, 5) is 4.21. The second-order valence-electron chi connectivity index (χ2n) is 6.63. The zero-order valence-corrected chi connectivity index (χ0v) is 14.5. The van der Waals surface area contributed by atoms with Gasteiger partial charge < -0.3 is 16.8 Å². The van der Waals surface area contributed by atoms with Crippen LogP contribution in [0.1, 0.15) is 36.0 Å². The van der Waals surface area contributed by atoms with E-state index in [2.05, 4.69) is 10.3 Å². The fourth-order valence-corrected chi connectivity index (χ4v) is 3.12. The molecule has 4 nitrogen and oxygen atoms in total. The molecule has 3 rings (SSSR count). The van der Waals surface area contributed by atoms with E-state index in [4.69, 9.17) is 11.5 Å². The third-order valence-electron chi connectivity index (χ3n) is 4.49. The molecule has 5 N–H and O–H groups in total. The van der Waals surface area contributed by atoms with Crippen molar-refractivity contribution < 1.29 is 17.6 Å². The smallest absolute Gasteiger partial charge is 0.399 e. The summed E-state index contributed by atoms with van der Waals surface area (Å²) in [5.41, 5.74) is 13.3. The number of halogens is 4. The molecule has 0 saturated carbocycles. The molecule has 2 aromatic rings. The van der Waals surface area contributed by atoms with Crippen LogP contribution in [0.15, 0.2) is 47.9 Å². The first-order chi connectivity index (χ1) is 12.7. The fourth-order valence-electron chi connectivity index (χ4n) is 3.12. The Morgan fingerprint density at radius 1 is 1.15 bits per heavy atom. The molecular formula is C19H20F4N4. The van der Waals surface area contributed by atoms with Crippen molar-refractivity contribution >= 4 is 5.82 Å². The number of rotatable bonds is 4. The molecule has 144 valence electrons. The molecule has 0 bridgehead atoms. The number of anilines is 1. The lowest BCUT2D eigenvalue weighted by Crippen LogP contribution is -2.33. The van der Waals surface area contributed by atoms with Crippen LogP contribution in [0.5, 0.6) is 0 Å². The van der Waals surface area contributed by atoms with Crippen LogP contribution < -0.4 is 16.8 Å². The van der Waals surface area contributed by atoms with Crippen LogP contribution in [0.3, 0.4) is 0 Å². The SMILES string of the molecule is NC1=C(Nc2cc(Cc3cc(F)cc(C(F)(F)F)c3)ccn2)CCCC1N. The van der Waals surface area contributed by atoms with Crippen molar-refractivity contribution in [1.82, 2.24) is 4.98 Å². The highest BCUT2D eigenvalue weighted by atomic mass is 19.4. The number of nitrogens with zero attached hydrogens (tertiary/aromatic N) is 1. The zero-order chi connectivity index (χ0) is 19.6. The van der Waals surface area contributed by atoms with Gasteiger partial charge >= 0.3 is 6.18 Å².